The van der Waals surface area contributed by atoms with E-state index in [1.54, 1.807) is 0 Å². The van der Waals surface area contributed by atoms with Crippen LogP contribution in [-0.2, 0) is 13.0 Å². The molecule has 1 heterocycles. The first kappa shape index (κ1) is 13.2. The van der Waals surface area contributed by atoms with Crippen molar-refractivity contribution < 1.29 is 4.74 Å². The summed E-state index contributed by atoms with van der Waals surface area (Å²) in [7, 11) is 0. The zero-order valence-electron chi connectivity index (χ0n) is 12.0. The fourth-order valence-corrected chi connectivity index (χ4v) is 2.65. The molecule has 1 N–H and O–H groups in total. The minimum Gasteiger partial charge on any atom is -0.492 e. The molecule has 0 aromatic heterocycles. The van der Waals surface area contributed by atoms with E-state index in [0.29, 0.717) is 0 Å². The van der Waals surface area contributed by atoms with Gasteiger partial charge in [0.05, 0.1) is 6.61 Å². The van der Waals surface area contributed by atoms with Gasteiger partial charge in [-0.15, -0.1) is 0 Å². The lowest BCUT2D eigenvalue weighted by atomic mass is 10.00. The van der Waals surface area contributed by atoms with E-state index in [1.807, 2.05) is 0 Å². The van der Waals surface area contributed by atoms with E-state index >= 15 is 0 Å². The summed E-state index contributed by atoms with van der Waals surface area (Å²) >= 11 is 0. The van der Waals surface area contributed by atoms with Crippen LogP contribution in [-0.4, -0.2) is 13.2 Å². The van der Waals surface area contributed by atoms with Gasteiger partial charge in [0, 0.05) is 18.5 Å². The van der Waals surface area contributed by atoms with Gasteiger partial charge in [0.2, 0.25) is 0 Å². The minimum atomic E-state index is 0.811. The molecule has 2 aromatic rings. The Kier molecular flexibility index (Phi) is 4.03. The van der Waals surface area contributed by atoms with Gasteiger partial charge < -0.3 is 10.1 Å². The fraction of sp³-hybridized carbons (Fsp3) is 0.333. The number of fused-ring (bicyclic) bond motifs is 1. The molecule has 0 aliphatic carbocycles. The number of rotatable bonds is 5. The van der Waals surface area contributed by atoms with Crippen molar-refractivity contribution in [2.45, 2.75) is 26.3 Å². The van der Waals surface area contributed by atoms with Crippen LogP contribution in [0.25, 0.3) is 11.1 Å². The Balaban J connectivity index is 1.80. The average Bonchev–Trinajstić information content (AvgIpc) is 2.97. The molecule has 0 amide bonds. The van der Waals surface area contributed by atoms with Crippen LogP contribution in [0.4, 0.5) is 0 Å². The van der Waals surface area contributed by atoms with Crippen LogP contribution in [0.15, 0.2) is 42.5 Å². The van der Waals surface area contributed by atoms with Crippen LogP contribution in [0.2, 0.25) is 0 Å². The molecule has 1 aliphatic heterocycles. The number of nitrogens with one attached hydrogen (secondary N) is 1. The standard InChI is InChI=1S/C18H21NO/c1-2-11-19-13-14-6-8-15(9-7-14)17-5-3-4-16-10-12-20-18(16)17/h3-9,19H,2,10-13H2,1H3. The molecule has 0 fully saturated rings. The molecule has 0 saturated carbocycles. The first-order valence-electron chi connectivity index (χ1n) is 7.43. The summed E-state index contributed by atoms with van der Waals surface area (Å²) in [5.41, 5.74) is 5.11. The van der Waals surface area contributed by atoms with Gasteiger partial charge in [0.1, 0.15) is 5.75 Å². The molecule has 2 nitrogen and oxygen atoms in total. The molecule has 0 bridgehead atoms. The highest BCUT2D eigenvalue weighted by Gasteiger charge is 2.16. The molecule has 0 unspecified atom stereocenters. The minimum absolute atomic E-state index is 0.811. The zero-order chi connectivity index (χ0) is 13.8. The predicted octanol–water partition coefficient (Wildman–Crippen LogP) is 3.79. The maximum Gasteiger partial charge on any atom is 0.130 e. The van der Waals surface area contributed by atoms with Gasteiger partial charge in [-0.3, -0.25) is 0 Å². The van der Waals surface area contributed by atoms with Crippen LogP contribution < -0.4 is 10.1 Å². The van der Waals surface area contributed by atoms with Crippen molar-refractivity contribution in [2.24, 2.45) is 0 Å². The second-order valence-corrected chi connectivity index (χ2v) is 5.27. The van der Waals surface area contributed by atoms with E-state index in [4.69, 9.17) is 4.74 Å². The van der Waals surface area contributed by atoms with E-state index in [9.17, 15) is 0 Å². The Hall–Kier alpha value is -1.80. The molecule has 2 heteroatoms. The van der Waals surface area contributed by atoms with Crippen molar-refractivity contribution in [1.29, 1.82) is 0 Å². The van der Waals surface area contributed by atoms with Gasteiger partial charge in [-0.05, 0) is 29.7 Å². The Labute approximate surface area is 120 Å². The van der Waals surface area contributed by atoms with Crippen molar-refractivity contribution in [3.8, 4) is 16.9 Å². The van der Waals surface area contributed by atoms with Crippen LogP contribution in [0, 0.1) is 0 Å². The molecular formula is C18H21NO. The van der Waals surface area contributed by atoms with Gasteiger partial charge in [-0.1, -0.05) is 49.4 Å². The number of benzene rings is 2. The van der Waals surface area contributed by atoms with Gasteiger partial charge in [0.25, 0.3) is 0 Å². The first-order chi connectivity index (χ1) is 9.88. The molecule has 0 atom stereocenters. The Bertz CT molecular complexity index is 574. The first-order valence-corrected chi connectivity index (χ1v) is 7.43. The maximum absolute atomic E-state index is 5.78. The fourth-order valence-electron chi connectivity index (χ4n) is 2.65. The second kappa shape index (κ2) is 6.10. The van der Waals surface area contributed by atoms with Crippen molar-refractivity contribution in [3.05, 3.63) is 53.6 Å². The summed E-state index contributed by atoms with van der Waals surface area (Å²) in [6.45, 7) is 5.01. The Morgan fingerprint density at radius 1 is 1.10 bits per heavy atom. The normalized spacial score (nSPS) is 13.1. The molecule has 1 aliphatic rings. The van der Waals surface area contributed by atoms with Gasteiger partial charge in [-0.25, -0.2) is 0 Å². The largest absolute Gasteiger partial charge is 0.492 e. The monoisotopic (exact) mass is 267 g/mol. The van der Waals surface area contributed by atoms with E-state index in [-0.39, 0.29) is 0 Å². The SMILES string of the molecule is CCCNCc1ccc(-c2cccc3c2OCC3)cc1. The number of para-hydroxylation sites is 1. The van der Waals surface area contributed by atoms with Crippen molar-refractivity contribution in [1.82, 2.24) is 5.32 Å². The summed E-state index contributed by atoms with van der Waals surface area (Å²) in [6, 6.07) is 15.2. The van der Waals surface area contributed by atoms with Crippen LogP contribution >= 0.6 is 0 Å². The van der Waals surface area contributed by atoms with E-state index in [2.05, 4.69) is 54.7 Å². The number of hydrogen-bond donors (Lipinski definition) is 1. The highest BCUT2D eigenvalue weighted by atomic mass is 16.5. The number of ether oxygens (including phenoxy) is 1. The predicted molar refractivity (Wildman–Crippen MR) is 83.1 cm³/mol. The average molecular weight is 267 g/mol. The van der Waals surface area contributed by atoms with Crippen molar-refractivity contribution in [3.63, 3.8) is 0 Å². The lowest BCUT2D eigenvalue weighted by Crippen LogP contribution is -2.13. The topological polar surface area (TPSA) is 21.3 Å². The molecule has 0 saturated heterocycles. The van der Waals surface area contributed by atoms with Crippen LogP contribution in [0.5, 0.6) is 5.75 Å². The van der Waals surface area contributed by atoms with Crippen molar-refractivity contribution in [2.75, 3.05) is 13.2 Å². The van der Waals surface area contributed by atoms with Gasteiger partial charge >= 0.3 is 0 Å². The Morgan fingerprint density at radius 2 is 1.95 bits per heavy atom. The van der Waals surface area contributed by atoms with E-state index < -0.39 is 0 Å². The summed E-state index contributed by atoms with van der Waals surface area (Å²) in [5, 5.41) is 3.43. The van der Waals surface area contributed by atoms with Gasteiger partial charge in [-0.2, -0.15) is 0 Å². The Morgan fingerprint density at radius 3 is 2.75 bits per heavy atom. The highest BCUT2D eigenvalue weighted by molar-refractivity contribution is 5.73. The molecular weight excluding hydrogens is 246 g/mol. The van der Waals surface area contributed by atoms with Crippen LogP contribution in [0.3, 0.4) is 0 Å². The summed E-state index contributed by atoms with van der Waals surface area (Å²) in [4.78, 5) is 0. The molecule has 2 aromatic carbocycles. The third kappa shape index (κ3) is 2.70. The second-order valence-electron chi connectivity index (χ2n) is 5.27. The quantitative estimate of drug-likeness (QED) is 0.832. The van der Waals surface area contributed by atoms with Crippen LogP contribution in [0.1, 0.15) is 24.5 Å². The highest BCUT2D eigenvalue weighted by Crippen LogP contribution is 2.36. The summed E-state index contributed by atoms with van der Waals surface area (Å²) in [5.74, 6) is 1.07. The lowest BCUT2D eigenvalue weighted by molar-refractivity contribution is 0.358. The van der Waals surface area contributed by atoms with Crippen molar-refractivity contribution >= 4 is 0 Å². The molecule has 3 rings (SSSR count). The summed E-state index contributed by atoms with van der Waals surface area (Å²) < 4.78 is 5.78. The van der Waals surface area contributed by atoms with Gasteiger partial charge in [0.15, 0.2) is 0 Å². The van der Waals surface area contributed by atoms with E-state index in [0.717, 1.165) is 31.9 Å². The third-order valence-corrected chi connectivity index (χ3v) is 3.74. The smallest absolute Gasteiger partial charge is 0.130 e. The maximum atomic E-state index is 5.78. The third-order valence-electron chi connectivity index (χ3n) is 3.74. The molecule has 104 valence electrons. The van der Waals surface area contributed by atoms with E-state index in [1.165, 1.54) is 28.7 Å². The number of hydrogen-bond acceptors (Lipinski definition) is 2. The summed E-state index contributed by atoms with van der Waals surface area (Å²) in [6.07, 6.45) is 2.20. The molecule has 0 radical (unpaired) electrons. The zero-order valence-corrected chi connectivity index (χ0v) is 12.0. The molecule has 0 spiro atoms. The lowest BCUT2D eigenvalue weighted by Gasteiger charge is -2.09. The molecule has 20 heavy (non-hydrogen) atoms.